The standard InChI is InChI=1S/C19H22FN7S/c1-2-22-18-15(17-14-8-10-27(28-20)19(14)24-12-23-17)11-26(25-18)16(7-9-21)13-5-3-4-6-13/h8,10-13,16H,2-7H2,1H3,(H,22,25). The third kappa shape index (κ3) is 3.33. The summed E-state index contributed by atoms with van der Waals surface area (Å²) in [4.78, 5) is 8.68. The zero-order valence-corrected chi connectivity index (χ0v) is 16.5. The number of fused-ring (bicyclic) bond motifs is 1. The third-order valence-corrected chi connectivity index (χ3v) is 5.88. The molecular weight excluding hydrogens is 377 g/mol. The molecule has 1 saturated carbocycles. The highest BCUT2D eigenvalue weighted by atomic mass is 32.2. The Hall–Kier alpha value is -2.60. The number of nitrogens with zero attached hydrogens (tertiary/aromatic N) is 6. The normalized spacial score (nSPS) is 15.8. The summed E-state index contributed by atoms with van der Waals surface area (Å²) < 4.78 is 16.5. The molecule has 0 amide bonds. The van der Waals surface area contributed by atoms with Gasteiger partial charge >= 0.3 is 0 Å². The first kappa shape index (κ1) is 18.7. The van der Waals surface area contributed by atoms with Gasteiger partial charge in [0.2, 0.25) is 0 Å². The van der Waals surface area contributed by atoms with Crippen molar-refractivity contribution in [3.05, 3.63) is 24.8 Å². The van der Waals surface area contributed by atoms with Crippen LogP contribution in [0.4, 0.5) is 9.70 Å². The molecule has 1 unspecified atom stereocenters. The molecule has 0 saturated heterocycles. The molecule has 3 aromatic heterocycles. The molecule has 0 aliphatic heterocycles. The van der Waals surface area contributed by atoms with Gasteiger partial charge in [0, 0.05) is 24.3 Å². The lowest BCUT2D eigenvalue weighted by molar-refractivity contribution is 0.315. The monoisotopic (exact) mass is 399 g/mol. The maximum Gasteiger partial charge on any atom is 0.171 e. The van der Waals surface area contributed by atoms with E-state index in [0.29, 0.717) is 30.2 Å². The van der Waals surface area contributed by atoms with Crippen LogP contribution in [-0.4, -0.2) is 30.3 Å². The van der Waals surface area contributed by atoms with Crippen LogP contribution in [0.5, 0.6) is 0 Å². The van der Waals surface area contributed by atoms with Crippen LogP contribution in [0.25, 0.3) is 22.3 Å². The van der Waals surface area contributed by atoms with E-state index in [1.807, 2.05) is 23.9 Å². The van der Waals surface area contributed by atoms with Crippen LogP contribution < -0.4 is 5.32 Å². The average Bonchev–Trinajstić information content (AvgIpc) is 3.45. The summed E-state index contributed by atoms with van der Waals surface area (Å²) in [7, 11) is 0. The van der Waals surface area contributed by atoms with Gasteiger partial charge in [0.15, 0.2) is 23.8 Å². The summed E-state index contributed by atoms with van der Waals surface area (Å²) in [5.41, 5.74) is 2.08. The largest absolute Gasteiger partial charge is 0.368 e. The third-order valence-electron chi connectivity index (χ3n) is 5.44. The van der Waals surface area contributed by atoms with Gasteiger partial charge in [-0.2, -0.15) is 10.4 Å². The summed E-state index contributed by atoms with van der Waals surface area (Å²) in [6.45, 7) is 2.73. The number of hydrogen-bond donors (Lipinski definition) is 1. The maximum atomic E-state index is 13.2. The van der Waals surface area contributed by atoms with Crippen molar-refractivity contribution in [2.24, 2.45) is 5.92 Å². The minimum absolute atomic E-state index is 0.0574. The summed E-state index contributed by atoms with van der Waals surface area (Å²) in [6.07, 6.45) is 10.2. The number of nitrogens with one attached hydrogen (secondary N) is 1. The predicted octanol–water partition coefficient (Wildman–Crippen LogP) is 4.75. The molecule has 3 aromatic rings. The second-order valence-corrected chi connectivity index (χ2v) is 7.58. The van der Waals surface area contributed by atoms with Gasteiger partial charge in [0.05, 0.1) is 29.8 Å². The number of nitriles is 1. The fourth-order valence-corrected chi connectivity index (χ4v) is 4.46. The lowest BCUT2D eigenvalue weighted by Crippen LogP contribution is -2.18. The Kier molecular flexibility index (Phi) is 5.48. The lowest BCUT2D eigenvalue weighted by atomic mass is 9.96. The molecule has 1 fully saturated rings. The van der Waals surface area contributed by atoms with Crippen LogP contribution in [0.15, 0.2) is 24.8 Å². The zero-order chi connectivity index (χ0) is 19.5. The molecule has 0 radical (unpaired) electrons. The number of aromatic nitrogens is 5. The lowest BCUT2D eigenvalue weighted by Gasteiger charge is -2.21. The van der Waals surface area contributed by atoms with Gasteiger partial charge in [-0.1, -0.05) is 12.8 Å². The van der Waals surface area contributed by atoms with Crippen LogP contribution in [-0.2, 0) is 0 Å². The van der Waals surface area contributed by atoms with Gasteiger partial charge in [-0.15, -0.1) is 3.89 Å². The van der Waals surface area contributed by atoms with E-state index >= 15 is 0 Å². The molecule has 4 rings (SSSR count). The first-order valence-corrected chi connectivity index (χ1v) is 10.3. The molecule has 7 nitrogen and oxygen atoms in total. The second kappa shape index (κ2) is 8.19. The second-order valence-electron chi connectivity index (χ2n) is 7.05. The smallest absolute Gasteiger partial charge is 0.171 e. The van der Waals surface area contributed by atoms with Crippen LogP contribution in [0.1, 0.15) is 45.1 Å². The number of rotatable bonds is 7. The molecule has 1 aliphatic carbocycles. The van der Waals surface area contributed by atoms with Crippen LogP contribution in [0.2, 0.25) is 0 Å². The molecule has 1 atom stereocenters. The minimum atomic E-state index is 0.0574. The first-order valence-electron chi connectivity index (χ1n) is 9.58. The fraction of sp³-hybridized carbons (Fsp3) is 0.474. The molecule has 9 heteroatoms. The van der Waals surface area contributed by atoms with Crippen molar-refractivity contribution in [2.45, 2.75) is 45.1 Å². The van der Waals surface area contributed by atoms with E-state index < -0.39 is 0 Å². The van der Waals surface area contributed by atoms with Crippen molar-refractivity contribution < 1.29 is 3.89 Å². The van der Waals surface area contributed by atoms with Crippen molar-refractivity contribution in [3.8, 4) is 17.3 Å². The Morgan fingerprint density at radius 1 is 1.39 bits per heavy atom. The Bertz CT molecular complexity index is 1000. The van der Waals surface area contributed by atoms with Crippen molar-refractivity contribution >= 4 is 29.2 Å². The Labute approximate surface area is 167 Å². The van der Waals surface area contributed by atoms with E-state index in [1.165, 1.54) is 23.1 Å². The van der Waals surface area contributed by atoms with E-state index in [1.54, 1.807) is 6.20 Å². The molecule has 0 spiro atoms. The molecule has 3 heterocycles. The number of halogens is 1. The van der Waals surface area contributed by atoms with Gasteiger partial charge in [-0.25, -0.2) is 13.9 Å². The average molecular weight is 399 g/mol. The highest BCUT2D eigenvalue weighted by Crippen LogP contribution is 2.39. The van der Waals surface area contributed by atoms with Crippen LogP contribution in [0.3, 0.4) is 0 Å². The molecule has 1 N–H and O–H groups in total. The molecule has 146 valence electrons. The highest BCUT2D eigenvalue weighted by Gasteiger charge is 2.28. The Morgan fingerprint density at radius 3 is 2.93 bits per heavy atom. The van der Waals surface area contributed by atoms with Gasteiger partial charge < -0.3 is 5.32 Å². The molecule has 0 aromatic carbocycles. The SMILES string of the molecule is CCNc1nn(C(CC#N)C2CCCC2)cc1-c1ncnc2c1ccn2SF. The minimum Gasteiger partial charge on any atom is -0.368 e. The van der Waals surface area contributed by atoms with Crippen molar-refractivity contribution in [3.63, 3.8) is 0 Å². The fourth-order valence-electron chi connectivity index (χ4n) is 4.14. The molecule has 0 bridgehead atoms. The summed E-state index contributed by atoms with van der Waals surface area (Å²) in [5, 5.41) is 18.2. The van der Waals surface area contributed by atoms with Crippen molar-refractivity contribution in [1.29, 1.82) is 5.26 Å². The topological polar surface area (TPSA) is 84.3 Å². The quantitative estimate of drug-likeness (QED) is 0.617. The van der Waals surface area contributed by atoms with E-state index in [-0.39, 0.29) is 18.4 Å². The molecule has 28 heavy (non-hydrogen) atoms. The van der Waals surface area contributed by atoms with E-state index in [9.17, 15) is 9.15 Å². The van der Waals surface area contributed by atoms with E-state index in [2.05, 4.69) is 21.4 Å². The van der Waals surface area contributed by atoms with Gasteiger partial charge in [-0.3, -0.25) is 4.68 Å². The number of hydrogen-bond acceptors (Lipinski definition) is 6. The Balaban J connectivity index is 1.81. The molecule has 1 aliphatic rings. The van der Waals surface area contributed by atoms with Gasteiger partial charge in [-0.05, 0) is 31.7 Å². The molecular formula is C19H22FN7S. The van der Waals surface area contributed by atoms with Gasteiger partial charge in [0.25, 0.3) is 0 Å². The predicted molar refractivity (Wildman–Crippen MR) is 108 cm³/mol. The summed E-state index contributed by atoms with van der Waals surface area (Å²) in [6, 6.07) is 4.20. The van der Waals surface area contributed by atoms with Crippen molar-refractivity contribution in [1.82, 2.24) is 23.7 Å². The van der Waals surface area contributed by atoms with Crippen molar-refractivity contribution in [2.75, 3.05) is 11.9 Å². The van der Waals surface area contributed by atoms with Crippen LogP contribution in [0, 0.1) is 17.2 Å². The Morgan fingerprint density at radius 2 is 2.21 bits per heavy atom. The highest BCUT2D eigenvalue weighted by molar-refractivity contribution is 7.92. The first-order chi connectivity index (χ1) is 13.8. The number of anilines is 1. The van der Waals surface area contributed by atoms with E-state index in [0.717, 1.165) is 29.6 Å². The maximum absolute atomic E-state index is 13.2. The summed E-state index contributed by atoms with van der Waals surface area (Å²) in [5.74, 6) is 1.19. The van der Waals surface area contributed by atoms with Gasteiger partial charge in [0.1, 0.15) is 6.33 Å². The summed E-state index contributed by atoms with van der Waals surface area (Å²) >= 11 is 0.111. The van der Waals surface area contributed by atoms with E-state index in [4.69, 9.17) is 5.10 Å². The zero-order valence-electron chi connectivity index (χ0n) is 15.7. The van der Waals surface area contributed by atoms with Crippen LogP contribution >= 0.6 is 12.3 Å².